The third kappa shape index (κ3) is 2.64. The van der Waals surface area contributed by atoms with Gasteiger partial charge in [0.1, 0.15) is 5.82 Å². The molecule has 0 saturated heterocycles. The van der Waals surface area contributed by atoms with Gasteiger partial charge in [0.05, 0.1) is 5.69 Å². The first kappa shape index (κ1) is 12.5. The monoisotopic (exact) mass is 251 g/mol. The second kappa shape index (κ2) is 5.12. The molecule has 0 atom stereocenters. The summed E-state index contributed by atoms with van der Waals surface area (Å²) in [5.74, 6) is -2.08. The van der Waals surface area contributed by atoms with Gasteiger partial charge in [0.25, 0.3) is 0 Å². The standard InChI is InChI=1S/C14H12F3N/c1-9-7-10(5-6-11(9)15)8-18-13-4-2-3-12(16)14(13)17/h2-7,18H,8H2,1H3. The maximum absolute atomic E-state index is 13.4. The zero-order valence-corrected chi connectivity index (χ0v) is 9.81. The zero-order chi connectivity index (χ0) is 13.1. The van der Waals surface area contributed by atoms with Crippen LogP contribution in [-0.4, -0.2) is 0 Å². The fourth-order valence-corrected chi connectivity index (χ4v) is 1.65. The molecule has 4 heteroatoms. The first-order chi connectivity index (χ1) is 8.58. The minimum absolute atomic E-state index is 0.0944. The highest BCUT2D eigenvalue weighted by molar-refractivity contribution is 5.45. The van der Waals surface area contributed by atoms with Crippen LogP contribution in [-0.2, 0) is 6.54 Å². The number of nitrogens with one attached hydrogen (secondary N) is 1. The van der Waals surface area contributed by atoms with E-state index in [0.29, 0.717) is 12.1 Å². The molecule has 0 spiro atoms. The molecule has 2 aromatic rings. The second-order valence-corrected chi connectivity index (χ2v) is 4.04. The van der Waals surface area contributed by atoms with Crippen LogP contribution in [0, 0.1) is 24.4 Å². The van der Waals surface area contributed by atoms with Crippen molar-refractivity contribution in [3.63, 3.8) is 0 Å². The van der Waals surface area contributed by atoms with Gasteiger partial charge in [0, 0.05) is 6.54 Å². The van der Waals surface area contributed by atoms with Gasteiger partial charge in [-0.15, -0.1) is 0 Å². The van der Waals surface area contributed by atoms with Crippen LogP contribution < -0.4 is 5.32 Å². The van der Waals surface area contributed by atoms with Crippen LogP contribution in [0.2, 0.25) is 0 Å². The highest BCUT2D eigenvalue weighted by Gasteiger charge is 2.07. The Bertz CT molecular complexity index is 567. The number of anilines is 1. The van der Waals surface area contributed by atoms with Crippen LogP contribution in [0.4, 0.5) is 18.9 Å². The topological polar surface area (TPSA) is 12.0 Å². The van der Waals surface area contributed by atoms with Gasteiger partial charge in [0.15, 0.2) is 11.6 Å². The number of rotatable bonds is 3. The van der Waals surface area contributed by atoms with E-state index in [0.717, 1.165) is 11.6 Å². The molecule has 2 aromatic carbocycles. The van der Waals surface area contributed by atoms with E-state index in [1.165, 1.54) is 18.2 Å². The van der Waals surface area contributed by atoms with Crippen molar-refractivity contribution >= 4 is 5.69 Å². The van der Waals surface area contributed by atoms with Crippen molar-refractivity contribution in [1.29, 1.82) is 0 Å². The van der Waals surface area contributed by atoms with Crippen molar-refractivity contribution < 1.29 is 13.2 Å². The maximum atomic E-state index is 13.4. The molecule has 0 fully saturated rings. The van der Waals surface area contributed by atoms with Crippen LogP contribution in [0.1, 0.15) is 11.1 Å². The Morgan fingerprint density at radius 3 is 2.50 bits per heavy atom. The van der Waals surface area contributed by atoms with Crippen LogP contribution in [0.3, 0.4) is 0 Å². The first-order valence-corrected chi connectivity index (χ1v) is 5.51. The fraction of sp³-hybridized carbons (Fsp3) is 0.143. The lowest BCUT2D eigenvalue weighted by molar-refractivity contribution is 0.511. The summed E-state index contributed by atoms with van der Waals surface area (Å²) in [5, 5.41) is 2.78. The molecule has 0 saturated carbocycles. The fourth-order valence-electron chi connectivity index (χ4n) is 1.65. The highest BCUT2D eigenvalue weighted by atomic mass is 19.2. The molecule has 0 aliphatic carbocycles. The smallest absolute Gasteiger partial charge is 0.181 e. The van der Waals surface area contributed by atoms with E-state index < -0.39 is 11.6 Å². The third-order valence-electron chi connectivity index (χ3n) is 2.66. The van der Waals surface area contributed by atoms with Crippen LogP contribution in [0.15, 0.2) is 36.4 Å². The normalized spacial score (nSPS) is 10.4. The minimum Gasteiger partial charge on any atom is -0.379 e. The second-order valence-electron chi connectivity index (χ2n) is 4.04. The predicted octanol–water partition coefficient (Wildman–Crippen LogP) is 4.02. The Labute approximate surface area is 103 Å². The summed E-state index contributed by atoms with van der Waals surface area (Å²) < 4.78 is 39.4. The molecule has 0 radical (unpaired) electrons. The molecule has 0 bridgehead atoms. The van der Waals surface area contributed by atoms with E-state index in [-0.39, 0.29) is 11.5 Å². The van der Waals surface area contributed by atoms with E-state index in [4.69, 9.17) is 0 Å². The minimum atomic E-state index is -0.906. The number of benzene rings is 2. The molecule has 0 amide bonds. The lowest BCUT2D eigenvalue weighted by atomic mass is 10.1. The molecule has 1 nitrogen and oxygen atoms in total. The molecule has 0 heterocycles. The number of halogens is 3. The molecular formula is C14H12F3N. The van der Waals surface area contributed by atoms with Gasteiger partial charge in [-0.1, -0.05) is 18.2 Å². The Hall–Kier alpha value is -1.97. The summed E-state index contributed by atoms with van der Waals surface area (Å²) in [6.07, 6.45) is 0. The predicted molar refractivity (Wildman–Crippen MR) is 64.8 cm³/mol. The Morgan fingerprint density at radius 2 is 1.78 bits per heavy atom. The summed E-state index contributed by atoms with van der Waals surface area (Å²) in [6, 6.07) is 8.56. The largest absolute Gasteiger partial charge is 0.379 e. The molecular weight excluding hydrogens is 239 g/mol. The van der Waals surface area contributed by atoms with Crippen molar-refractivity contribution in [2.45, 2.75) is 13.5 Å². The van der Waals surface area contributed by atoms with Crippen molar-refractivity contribution in [3.8, 4) is 0 Å². The average molecular weight is 251 g/mol. The van der Waals surface area contributed by atoms with Gasteiger partial charge in [-0.3, -0.25) is 0 Å². The van der Waals surface area contributed by atoms with Crippen molar-refractivity contribution in [3.05, 3.63) is 65.0 Å². The zero-order valence-electron chi connectivity index (χ0n) is 9.81. The van der Waals surface area contributed by atoms with Gasteiger partial charge in [-0.05, 0) is 36.2 Å². The Balaban J connectivity index is 2.11. The summed E-state index contributed by atoms with van der Waals surface area (Å²) in [7, 11) is 0. The van der Waals surface area contributed by atoms with E-state index in [2.05, 4.69) is 5.32 Å². The molecule has 18 heavy (non-hydrogen) atoms. The maximum Gasteiger partial charge on any atom is 0.181 e. The Kier molecular flexibility index (Phi) is 3.55. The number of hydrogen-bond acceptors (Lipinski definition) is 1. The summed E-state index contributed by atoms with van der Waals surface area (Å²) in [5.41, 5.74) is 1.42. The van der Waals surface area contributed by atoms with E-state index in [1.807, 2.05) is 0 Å². The van der Waals surface area contributed by atoms with Gasteiger partial charge < -0.3 is 5.32 Å². The van der Waals surface area contributed by atoms with Gasteiger partial charge >= 0.3 is 0 Å². The number of aryl methyl sites for hydroxylation is 1. The first-order valence-electron chi connectivity index (χ1n) is 5.51. The molecule has 2 rings (SSSR count). The van der Waals surface area contributed by atoms with Gasteiger partial charge in [-0.25, -0.2) is 13.2 Å². The SMILES string of the molecule is Cc1cc(CNc2cccc(F)c2F)ccc1F. The van der Waals surface area contributed by atoms with Crippen molar-refractivity contribution in [2.24, 2.45) is 0 Å². The molecule has 0 unspecified atom stereocenters. The van der Waals surface area contributed by atoms with Crippen LogP contribution >= 0.6 is 0 Å². The lowest BCUT2D eigenvalue weighted by Crippen LogP contribution is -2.03. The van der Waals surface area contributed by atoms with Crippen molar-refractivity contribution in [2.75, 3.05) is 5.32 Å². The number of hydrogen-bond donors (Lipinski definition) is 1. The summed E-state index contributed by atoms with van der Waals surface area (Å²) >= 11 is 0. The quantitative estimate of drug-likeness (QED) is 0.868. The third-order valence-corrected chi connectivity index (χ3v) is 2.66. The van der Waals surface area contributed by atoms with E-state index >= 15 is 0 Å². The molecule has 94 valence electrons. The average Bonchev–Trinajstić information content (AvgIpc) is 2.35. The molecule has 0 aliphatic rings. The molecule has 1 N–H and O–H groups in total. The van der Waals surface area contributed by atoms with Crippen LogP contribution in [0.25, 0.3) is 0 Å². The van der Waals surface area contributed by atoms with Crippen LogP contribution in [0.5, 0.6) is 0 Å². The van der Waals surface area contributed by atoms with Crippen molar-refractivity contribution in [1.82, 2.24) is 0 Å². The Morgan fingerprint density at radius 1 is 1.00 bits per heavy atom. The van der Waals surface area contributed by atoms with Gasteiger partial charge in [0.2, 0.25) is 0 Å². The lowest BCUT2D eigenvalue weighted by Gasteiger charge is -2.08. The summed E-state index contributed by atoms with van der Waals surface area (Å²) in [4.78, 5) is 0. The van der Waals surface area contributed by atoms with E-state index in [1.54, 1.807) is 19.1 Å². The molecule has 0 aromatic heterocycles. The van der Waals surface area contributed by atoms with Gasteiger partial charge in [-0.2, -0.15) is 0 Å². The highest BCUT2D eigenvalue weighted by Crippen LogP contribution is 2.18. The molecule has 0 aliphatic heterocycles. The van der Waals surface area contributed by atoms with E-state index in [9.17, 15) is 13.2 Å². The summed E-state index contributed by atoms with van der Waals surface area (Å²) in [6.45, 7) is 1.96.